The highest BCUT2D eigenvalue weighted by molar-refractivity contribution is 6.04. The van der Waals surface area contributed by atoms with E-state index >= 15 is 0 Å². The molecule has 1 N–H and O–H groups in total. The molecule has 3 rings (SSSR count). The number of ether oxygens (including phenoxy) is 1. The Labute approximate surface area is 199 Å². The molecule has 0 unspecified atom stereocenters. The van der Waals surface area contributed by atoms with E-state index in [9.17, 15) is 14.9 Å². The third-order valence-corrected chi connectivity index (χ3v) is 5.15. The average Bonchev–Trinajstić information content (AvgIpc) is 2.79. The Bertz CT molecular complexity index is 1080. The van der Waals surface area contributed by atoms with Crippen molar-refractivity contribution >= 4 is 29.7 Å². The number of halogens is 1. The fraction of sp³-hybridized carbons (Fsp3) is 0.240. The SMILES string of the molecule is COc1ccc(C(=O)Nc2ccc(-c3ccc([N+](=O)[O-])cc3)cc2)cc1CCCN(C)C.Cl. The van der Waals surface area contributed by atoms with Gasteiger partial charge in [-0.15, -0.1) is 12.4 Å². The average molecular weight is 470 g/mol. The number of nitro groups is 1. The molecule has 0 aromatic heterocycles. The van der Waals surface area contributed by atoms with Gasteiger partial charge in [-0.05, 0) is 92.6 Å². The van der Waals surface area contributed by atoms with Gasteiger partial charge in [0.25, 0.3) is 11.6 Å². The standard InChI is InChI=1S/C25H27N3O4.ClH/c1-27(2)16-4-5-20-17-21(10-15-24(20)32-3)25(29)26-22-11-6-18(7-12-22)19-8-13-23(14-9-19)28(30)31;/h6-15,17H,4-5,16H2,1-3H3,(H,26,29);1H. The van der Waals surface area contributed by atoms with Crippen molar-refractivity contribution in [1.29, 1.82) is 0 Å². The predicted molar refractivity (Wildman–Crippen MR) is 134 cm³/mol. The maximum absolute atomic E-state index is 12.8. The van der Waals surface area contributed by atoms with Crippen LogP contribution in [0.2, 0.25) is 0 Å². The Morgan fingerprint density at radius 1 is 1.00 bits per heavy atom. The molecule has 0 spiro atoms. The van der Waals surface area contributed by atoms with Crippen LogP contribution in [0.25, 0.3) is 11.1 Å². The van der Waals surface area contributed by atoms with E-state index in [0.29, 0.717) is 11.3 Å². The predicted octanol–water partition coefficient (Wildman–Crippen LogP) is 5.44. The van der Waals surface area contributed by atoms with Crippen LogP contribution in [-0.2, 0) is 6.42 Å². The maximum atomic E-state index is 12.8. The fourth-order valence-corrected chi connectivity index (χ4v) is 3.43. The van der Waals surface area contributed by atoms with Crippen LogP contribution < -0.4 is 10.1 Å². The van der Waals surface area contributed by atoms with Crippen LogP contribution in [0.5, 0.6) is 5.75 Å². The van der Waals surface area contributed by atoms with Gasteiger partial charge in [0.2, 0.25) is 0 Å². The summed E-state index contributed by atoms with van der Waals surface area (Å²) in [4.78, 5) is 25.3. The number of amides is 1. The number of aryl methyl sites for hydroxylation is 1. The van der Waals surface area contributed by atoms with Gasteiger partial charge in [0.15, 0.2) is 0 Å². The molecule has 0 fully saturated rings. The zero-order valence-electron chi connectivity index (χ0n) is 18.9. The van der Waals surface area contributed by atoms with Crippen molar-refractivity contribution in [2.75, 3.05) is 33.1 Å². The zero-order chi connectivity index (χ0) is 23.1. The van der Waals surface area contributed by atoms with E-state index in [1.165, 1.54) is 12.1 Å². The largest absolute Gasteiger partial charge is 0.496 e. The van der Waals surface area contributed by atoms with Crippen molar-refractivity contribution in [3.63, 3.8) is 0 Å². The number of hydrogen-bond acceptors (Lipinski definition) is 5. The van der Waals surface area contributed by atoms with Crippen molar-refractivity contribution < 1.29 is 14.5 Å². The highest BCUT2D eigenvalue weighted by atomic mass is 35.5. The summed E-state index contributed by atoms with van der Waals surface area (Å²) in [5.74, 6) is 0.595. The Morgan fingerprint density at radius 2 is 1.61 bits per heavy atom. The van der Waals surface area contributed by atoms with Gasteiger partial charge in [-0.2, -0.15) is 0 Å². The van der Waals surface area contributed by atoms with Gasteiger partial charge in [0, 0.05) is 23.4 Å². The van der Waals surface area contributed by atoms with Crippen LogP contribution in [0.3, 0.4) is 0 Å². The lowest BCUT2D eigenvalue weighted by Crippen LogP contribution is -2.14. The summed E-state index contributed by atoms with van der Waals surface area (Å²) in [7, 11) is 5.71. The Hall–Kier alpha value is -3.42. The van der Waals surface area contributed by atoms with Crippen LogP contribution in [-0.4, -0.2) is 43.5 Å². The molecule has 0 radical (unpaired) electrons. The number of benzene rings is 3. The molecule has 3 aromatic carbocycles. The molecule has 0 heterocycles. The van der Waals surface area contributed by atoms with Gasteiger partial charge < -0.3 is 15.0 Å². The molecule has 0 saturated heterocycles. The molecule has 0 aliphatic rings. The summed E-state index contributed by atoms with van der Waals surface area (Å²) in [6.45, 7) is 0.959. The second-order valence-electron chi connectivity index (χ2n) is 7.77. The molecule has 0 saturated carbocycles. The first-order chi connectivity index (χ1) is 15.4. The number of nitrogens with one attached hydrogen (secondary N) is 1. The third-order valence-electron chi connectivity index (χ3n) is 5.15. The Balaban J connectivity index is 0.00000385. The summed E-state index contributed by atoms with van der Waals surface area (Å²) in [5, 5.41) is 13.7. The van der Waals surface area contributed by atoms with Crippen LogP contribution in [0.1, 0.15) is 22.3 Å². The van der Waals surface area contributed by atoms with Gasteiger partial charge in [-0.1, -0.05) is 12.1 Å². The third kappa shape index (κ3) is 7.03. The summed E-state index contributed by atoms with van der Waals surface area (Å²) < 4.78 is 5.45. The molecular formula is C25H28ClN3O4. The van der Waals surface area contributed by atoms with Crippen LogP contribution in [0.4, 0.5) is 11.4 Å². The van der Waals surface area contributed by atoms with Gasteiger partial charge in [0.1, 0.15) is 5.75 Å². The number of methoxy groups -OCH3 is 1. The smallest absolute Gasteiger partial charge is 0.269 e. The molecule has 3 aromatic rings. The van der Waals surface area contributed by atoms with Crippen LogP contribution >= 0.6 is 12.4 Å². The molecule has 0 atom stereocenters. The Kier molecular flexibility index (Phi) is 9.39. The molecule has 33 heavy (non-hydrogen) atoms. The molecule has 174 valence electrons. The number of non-ortho nitro benzene ring substituents is 1. The van der Waals surface area contributed by atoms with E-state index < -0.39 is 4.92 Å². The van der Waals surface area contributed by atoms with Crippen LogP contribution in [0, 0.1) is 10.1 Å². The van der Waals surface area contributed by atoms with Crippen molar-refractivity contribution in [2.24, 2.45) is 0 Å². The molecule has 8 heteroatoms. The first-order valence-electron chi connectivity index (χ1n) is 10.4. The van der Waals surface area contributed by atoms with Crippen molar-refractivity contribution in [2.45, 2.75) is 12.8 Å². The summed E-state index contributed by atoms with van der Waals surface area (Å²) >= 11 is 0. The van der Waals surface area contributed by atoms with E-state index in [-0.39, 0.29) is 24.0 Å². The number of anilines is 1. The maximum Gasteiger partial charge on any atom is 0.269 e. The lowest BCUT2D eigenvalue weighted by molar-refractivity contribution is -0.384. The van der Waals surface area contributed by atoms with Crippen LogP contribution in [0.15, 0.2) is 66.7 Å². The first kappa shape index (κ1) is 25.8. The molecule has 0 bridgehead atoms. The van der Waals surface area contributed by atoms with E-state index in [1.807, 2.05) is 50.5 Å². The lowest BCUT2D eigenvalue weighted by Gasteiger charge is -2.13. The molecule has 1 amide bonds. The summed E-state index contributed by atoms with van der Waals surface area (Å²) in [6, 6.07) is 19.2. The molecule has 7 nitrogen and oxygen atoms in total. The molecule has 0 aliphatic carbocycles. The van der Waals surface area contributed by atoms with Gasteiger partial charge in [0.05, 0.1) is 12.0 Å². The number of carbonyl (C=O) groups excluding carboxylic acids is 1. The summed E-state index contributed by atoms with van der Waals surface area (Å²) in [5.41, 5.74) is 4.08. The van der Waals surface area contributed by atoms with Crippen molar-refractivity contribution in [1.82, 2.24) is 4.90 Å². The minimum Gasteiger partial charge on any atom is -0.496 e. The normalized spacial score (nSPS) is 10.4. The van der Waals surface area contributed by atoms with Crippen molar-refractivity contribution in [3.8, 4) is 16.9 Å². The number of rotatable bonds is 9. The molecule has 0 aliphatic heterocycles. The quantitative estimate of drug-likeness (QED) is 0.333. The number of nitrogens with zero attached hydrogens (tertiary/aromatic N) is 2. The lowest BCUT2D eigenvalue weighted by atomic mass is 10.0. The highest BCUT2D eigenvalue weighted by Gasteiger charge is 2.11. The monoisotopic (exact) mass is 469 g/mol. The molecular weight excluding hydrogens is 442 g/mol. The van der Waals surface area contributed by atoms with E-state index in [1.54, 1.807) is 25.3 Å². The number of hydrogen-bond donors (Lipinski definition) is 1. The van der Waals surface area contributed by atoms with E-state index in [0.717, 1.165) is 41.8 Å². The fourth-order valence-electron chi connectivity index (χ4n) is 3.43. The minimum atomic E-state index is -0.421. The van der Waals surface area contributed by atoms with Gasteiger partial charge >= 0.3 is 0 Å². The minimum absolute atomic E-state index is 0. The Morgan fingerprint density at radius 3 is 2.15 bits per heavy atom. The number of nitro benzene ring substituents is 1. The van der Waals surface area contributed by atoms with Gasteiger partial charge in [-0.25, -0.2) is 0 Å². The van der Waals surface area contributed by atoms with Gasteiger partial charge in [-0.3, -0.25) is 14.9 Å². The second-order valence-corrected chi connectivity index (χ2v) is 7.77. The van der Waals surface area contributed by atoms with Crippen molar-refractivity contribution in [3.05, 3.63) is 88.0 Å². The van der Waals surface area contributed by atoms with E-state index in [2.05, 4.69) is 10.2 Å². The first-order valence-corrected chi connectivity index (χ1v) is 10.4. The second kappa shape index (κ2) is 12.0. The number of carbonyl (C=O) groups is 1. The summed E-state index contributed by atoms with van der Waals surface area (Å²) in [6.07, 6.45) is 1.80. The highest BCUT2D eigenvalue weighted by Crippen LogP contribution is 2.25. The van der Waals surface area contributed by atoms with E-state index in [4.69, 9.17) is 4.74 Å². The zero-order valence-corrected chi connectivity index (χ0v) is 19.7. The topological polar surface area (TPSA) is 84.7 Å².